The van der Waals surface area contributed by atoms with Gasteiger partial charge in [0.15, 0.2) is 0 Å². The van der Waals surface area contributed by atoms with Crippen LogP contribution < -0.4 is 5.73 Å². The zero-order chi connectivity index (χ0) is 10.0. The molecule has 1 aromatic rings. The number of hydrogen-bond acceptors (Lipinski definition) is 3. The van der Waals surface area contributed by atoms with Crippen molar-refractivity contribution < 1.29 is 0 Å². The maximum atomic E-state index is 5.93. The number of nitrogens with zero attached hydrogens (tertiary/aromatic N) is 1. The van der Waals surface area contributed by atoms with Crippen molar-refractivity contribution in [2.24, 2.45) is 5.73 Å². The van der Waals surface area contributed by atoms with Crippen molar-refractivity contribution in [3.63, 3.8) is 0 Å². The Morgan fingerprint density at radius 1 is 1.43 bits per heavy atom. The molecule has 1 aliphatic carbocycles. The van der Waals surface area contributed by atoms with Crippen LogP contribution in [0.5, 0.6) is 0 Å². The summed E-state index contributed by atoms with van der Waals surface area (Å²) in [4.78, 5) is 4.47. The number of nitrogens with two attached hydrogens (primary N) is 1. The molecular formula is C10H15BrN2S. The predicted octanol–water partition coefficient (Wildman–Crippen LogP) is 3.07. The van der Waals surface area contributed by atoms with Crippen LogP contribution in [-0.4, -0.2) is 11.5 Å². The highest BCUT2D eigenvalue weighted by molar-refractivity contribution is 9.11. The Morgan fingerprint density at radius 3 is 2.64 bits per heavy atom. The molecule has 0 aromatic carbocycles. The lowest BCUT2D eigenvalue weighted by Crippen LogP contribution is -2.36. The first-order valence-corrected chi connectivity index (χ1v) is 6.70. The van der Waals surface area contributed by atoms with E-state index in [9.17, 15) is 0 Å². The highest BCUT2D eigenvalue weighted by Gasteiger charge is 2.35. The molecule has 2 N–H and O–H groups in total. The zero-order valence-electron chi connectivity index (χ0n) is 8.13. The van der Waals surface area contributed by atoms with E-state index in [4.69, 9.17) is 5.73 Å². The molecule has 1 aromatic heterocycles. The first-order chi connectivity index (χ1) is 6.77. The SMILES string of the molecule is NCC1(c2ncc(Br)s2)CCCCC1. The van der Waals surface area contributed by atoms with Gasteiger partial charge in [-0.1, -0.05) is 19.3 Å². The van der Waals surface area contributed by atoms with Crippen LogP contribution >= 0.6 is 27.3 Å². The molecule has 1 heterocycles. The minimum Gasteiger partial charge on any atom is -0.329 e. The van der Waals surface area contributed by atoms with Crippen molar-refractivity contribution >= 4 is 27.3 Å². The van der Waals surface area contributed by atoms with Crippen LogP contribution in [0.3, 0.4) is 0 Å². The van der Waals surface area contributed by atoms with Crippen LogP contribution in [0.4, 0.5) is 0 Å². The Balaban J connectivity index is 2.26. The molecule has 0 bridgehead atoms. The van der Waals surface area contributed by atoms with Gasteiger partial charge in [-0.05, 0) is 28.8 Å². The van der Waals surface area contributed by atoms with Gasteiger partial charge in [0.2, 0.25) is 0 Å². The largest absolute Gasteiger partial charge is 0.329 e. The van der Waals surface area contributed by atoms with E-state index in [1.54, 1.807) is 11.3 Å². The Morgan fingerprint density at radius 2 is 2.14 bits per heavy atom. The zero-order valence-corrected chi connectivity index (χ0v) is 10.5. The van der Waals surface area contributed by atoms with Crippen LogP contribution in [0.2, 0.25) is 0 Å². The molecule has 78 valence electrons. The Labute approximate surface area is 97.0 Å². The van der Waals surface area contributed by atoms with Gasteiger partial charge in [-0.3, -0.25) is 0 Å². The van der Waals surface area contributed by atoms with Crippen molar-refractivity contribution in [3.8, 4) is 0 Å². The van der Waals surface area contributed by atoms with Gasteiger partial charge in [0.1, 0.15) is 5.01 Å². The Hall–Kier alpha value is 0.0700. The van der Waals surface area contributed by atoms with Crippen LogP contribution in [0, 0.1) is 0 Å². The molecule has 0 amide bonds. The predicted molar refractivity (Wildman–Crippen MR) is 63.6 cm³/mol. The van der Waals surface area contributed by atoms with Gasteiger partial charge >= 0.3 is 0 Å². The minimum absolute atomic E-state index is 0.189. The Kier molecular flexibility index (Phi) is 3.24. The van der Waals surface area contributed by atoms with Crippen molar-refractivity contribution in [1.82, 2.24) is 4.98 Å². The Bertz CT molecular complexity index is 305. The first-order valence-electron chi connectivity index (χ1n) is 5.09. The quantitative estimate of drug-likeness (QED) is 0.900. The van der Waals surface area contributed by atoms with E-state index in [-0.39, 0.29) is 5.41 Å². The summed E-state index contributed by atoms with van der Waals surface area (Å²) in [5, 5.41) is 1.23. The molecule has 0 aliphatic heterocycles. The van der Waals surface area contributed by atoms with Gasteiger partial charge < -0.3 is 5.73 Å². The fourth-order valence-electron chi connectivity index (χ4n) is 2.23. The molecule has 14 heavy (non-hydrogen) atoms. The van der Waals surface area contributed by atoms with Crippen molar-refractivity contribution in [1.29, 1.82) is 0 Å². The molecule has 0 radical (unpaired) electrons. The fraction of sp³-hybridized carbons (Fsp3) is 0.700. The lowest BCUT2D eigenvalue weighted by atomic mass is 9.74. The molecule has 0 atom stereocenters. The summed E-state index contributed by atoms with van der Waals surface area (Å²) in [5.41, 5.74) is 6.12. The van der Waals surface area contributed by atoms with E-state index >= 15 is 0 Å². The molecular weight excluding hydrogens is 260 g/mol. The minimum atomic E-state index is 0.189. The topological polar surface area (TPSA) is 38.9 Å². The van der Waals surface area contributed by atoms with E-state index in [0.717, 1.165) is 10.3 Å². The smallest absolute Gasteiger partial charge is 0.101 e. The molecule has 1 aliphatic rings. The number of thiazole rings is 1. The monoisotopic (exact) mass is 274 g/mol. The van der Waals surface area contributed by atoms with Crippen LogP contribution in [0.15, 0.2) is 9.98 Å². The highest BCUT2D eigenvalue weighted by atomic mass is 79.9. The number of hydrogen-bond donors (Lipinski definition) is 1. The average Bonchev–Trinajstić information content (AvgIpc) is 2.66. The van der Waals surface area contributed by atoms with E-state index in [2.05, 4.69) is 20.9 Å². The van der Waals surface area contributed by atoms with E-state index in [1.165, 1.54) is 37.1 Å². The lowest BCUT2D eigenvalue weighted by Gasteiger charge is -2.34. The summed E-state index contributed by atoms with van der Waals surface area (Å²) in [6.45, 7) is 0.743. The second kappa shape index (κ2) is 4.29. The summed E-state index contributed by atoms with van der Waals surface area (Å²) >= 11 is 5.21. The van der Waals surface area contributed by atoms with Crippen molar-refractivity contribution in [2.45, 2.75) is 37.5 Å². The summed E-state index contributed by atoms with van der Waals surface area (Å²) in [6, 6.07) is 0. The van der Waals surface area contributed by atoms with Gasteiger partial charge in [0.25, 0.3) is 0 Å². The second-order valence-electron chi connectivity index (χ2n) is 4.01. The molecule has 1 fully saturated rings. The summed E-state index contributed by atoms with van der Waals surface area (Å²) < 4.78 is 1.12. The number of rotatable bonds is 2. The van der Waals surface area contributed by atoms with Gasteiger partial charge in [0.05, 0.1) is 9.98 Å². The number of aromatic nitrogens is 1. The van der Waals surface area contributed by atoms with Crippen LogP contribution in [-0.2, 0) is 5.41 Å². The van der Waals surface area contributed by atoms with E-state index < -0.39 is 0 Å². The van der Waals surface area contributed by atoms with Crippen LogP contribution in [0.1, 0.15) is 37.1 Å². The van der Waals surface area contributed by atoms with Gasteiger partial charge in [0, 0.05) is 12.0 Å². The van der Waals surface area contributed by atoms with Gasteiger partial charge in [-0.2, -0.15) is 0 Å². The first kappa shape index (κ1) is 10.6. The molecule has 0 saturated heterocycles. The average molecular weight is 275 g/mol. The van der Waals surface area contributed by atoms with E-state index in [1.807, 2.05) is 6.20 Å². The van der Waals surface area contributed by atoms with Gasteiger partial charge in [-0.15, -0.1) is 11.3 Å². The normalized spacial score (nSPS) is 21.0. The second-order valence-corrected chi connectivity index (χ2v) is 6.42. The molecule has 2 nitrogen and oxygen atoms in total. The lowest BCUT2D eigenvalue weighted by molar-refractivity contribution is 0.300. The van der Waals surface area contributed by atoms with E-state index in [0.29, 0.717) is 0 Å². The third-order valence-electron chi connectivity index (χ3n) is 3.13. The maximum absolute atomic E-state index is 5.93. The van der Waals surface area contributed by atoms with Crippen molar-refractivity contribution in [3.05, 3.63) is 15.0 Å². The summed E-state index contributed by atoms with van der Waals surface area (Å²) in [7, 11) is 0. The number of halogens is 1. The van der Waals surface area contributed by atoms with Crippen LogP contribution in [0.25, 0.3) is 0 Å². The molecule has 0 spiro atoms. The maximum Gasteiger partial charge on any atom is 0.101 e. The van der Waals surface area contributed by atoms with Crippen molar-refractivity contribution in [2.75, 3.05) is 6.54 Å². The highest BCUT2D eigenvalue weighted by Crippen LogP contribution is 2.41. The summed E-state index contributed by atoms with van der Waals surface area (Å²) in [5.74, 6) is 0. The summed E-state index contributed by atoms with van der Waals surface area (Å²) in [6.07, 6.45) is 8.27. The van der Waals surface area contributed by atoms with Gasteiger partial charge in [-0.25, -0.2) is 4.98 Å². The molecule has 2 rings (SSSR count). The third kappa shape index (κ3) is 1.88. The fourth-order valence-corrected chi connectivity index (χ4v) is 3.70. The molecule has 4 heteroatoms. The molecule has 1 saturated carbocycles. The third-order valence-corrected chi connectivity index (χ3v) is 4.86. The molecule has 0 unspecified atom stereocenters. The standard InChI is InChI=1S/C10H15BrN2S/c11-8-6-13-9(14-8)10(7-12)4-2-1-3-5-10/h6H,1-5,7,12H2.